The number of hydrogen-bond donors (Lipinski definition) is 10. The number of carbonyl (C=O) groups excluding carboxylic acids is 4. The number of aliphatic hydroxyl groups excluding tert-OH is 1. The summed E-state index contributed by atoms with van der Waals surface area (Å²) in [5.74, 6) is -5.24. The zero-order valence-electron chi connectivity index (χ0n) is 17.2. The Balaban J connectivity index is 4.97. The molecule has 0 aliphatic rings. The van der Waals surface area contributed by atoms with Crippen molar-refractivity contribution in [2.75, 3.05) is 18.9 Å². The number of nitrogens with two attached hydrogens (primary N) is 4. The van der Waals surface area contributed by atoms with Gasteiger partial charge in [0.05, 0.1) is 19.1 Å². The highest BCUT2D eigenvalue weighted by Crippen LogP contribution is 2.01. The number of aliphatic imine (C=N–C) groups is 1. The number of nitrogens with zero attached hydrogens (tertiary/aromatic N) is 1. The number of carboxylic acid groups (broad SMARTS) is 1. The first-order valence-corrected chi connectivity index (χ1v) is 10.0. The highest BCUT2D eigenvalue weighted by molar-refractivity contribution is 7.80. The number of amides is 4. The van der Waals surface area contributed by atoms with Gasteiger partial charge in [0.2, 0.25) is 23.6 Å². The van der Waals surface area contributed by atoms with Gasteiger partial charge in [-0.1, -0.05) is 0 Å². The maximum absolute atomic E-state index is 12.4. The summed E-state index contributed by atoms with van der Waals surface area (Å²) in [7, 11) is 0. The minimum absolute atomic E-state index is 0.0121. The molecule has 13 N–H and O–H groups in total. The molecule has 0 spiro atoms. The van der Waals surface area contributed by atoms with E-state index in [0.717, 1.165) is 0 Å². The molecule has 0 saturated carbocycles. The summed E-state index contributed by atoms with van der Waals surface area (Å²) in [6, 6.07) is -5.40. The van der Waals surface area contributed by atoms with Crippen LogP contribution in [-0.4, -0.2) is 88.8 Å². The van der Waals surface area contributed by atoms with Crippen molar-refractivity contribution in [2.24, 2.45) is 27.9 Å². The third-order valence-electron chi connectivity index (χ3n) is 3.95. The molecule has 16 heteroatoms. The van der Waals surface area contributed by atoms with Gasteiger partial charge in [0.1, 0.15) is 18.1 Å². The van der Waals surface area contributed by atoms with Gasteiger partial charge in [0.25, 0.3) is 0 Å². The maximum Gasteiger partial charge on any atom is 0.326 e. The first-order valence-electron chi connectivity index (χ1n) is 9.37. The largest absolute Gasteiger partial charge is 0.480 e. The van der Waals surface area contributed by atoms with Crippen LogP contribution < -0.4 is 38.9 Å². The second-order valence-corrected chi connectivity index (χ2v) is 6.98. The van der Waals surface area contributed by atoms with Crippen LogP contribution in [0.25, 0.3) is 0 Å². The Labute approximate surface area is 189 Å². The van der Waals surface area contributed by atoms with E-state index in [1.54, 1.807) is 0 Å². The van der Waals surface area contributed by atoms with Crippen molar-refractivity contribution in [3.05, 3.63) is 0 Å². The standard InChI is InChI=1S/C16H30N8O7S/c17-7(4-11(18)26)12(27)23-9(5-25)13(28)24-10(6-32)14(29)22-8(15(30)31)2-1-3-21-16(19)20/h7-10,25,32H,1-6,17H2,(H2,18,26)(H,22,29)(H,23,27)(H,24,28)(H,30,31)(H4,19,20,21). The molecule has 0 aromatic carbocycles. The Morgan fingerprint density at radius 1 is 0.906 bits per heavy atom. The van der Waals surface area contributed by atoms with E-state index in [-0.39, 0.29) is 31.1 Å². The number of rotatable bonds is 15. The van der Waals surface area contributed by atoms with Crippen LogP contribution in [0.3, 0.4) is 0 Å². The number of hydrogen-bond acceptors (Lipinski definition) is 9. The summed E-state index contributed by atoms with van der Waals surface area (Å²) >= 11 is 3.96. The van der Waals surface area contributed by atoms with Crippen LogP contribution >= 0.6 is 12.6 Å². The molecule has 0 radical (unpaired) electrons. The number of aliphatic hydroxyl groups is 1. The number of nitrogens with one attached hydrogen (secondary N) is 3. The third kappa shape index (κ3) is 11.3. The molecule has 0 aromatic heterocycles. The number of primary amides is 1. The van der Waals surface area contributed by atoms with Crippen LogP contribution in [0.4, 0.5) is 0 Å². The molecule has 0 aromatic rings. The van der Waals surface area contributed by atoms with E-state index in [2.05, 4.69) is 33.6 Å². The zero-order valence-corrected chi connectivity index (χ0v) is 18.1. The van der Waals surface area contributed by atoms with Crippen LogP contribution in [-0.2, 0) is 24.0 Å². The summed E-state index contributed by atoms with van der Waals surface area (Å²) in [4.78, 5) is 62.6. The van der Waals surface area contributed by atoms with Crippen molar-refractivity contribution in [1.82, 2.24) is 16.0 Å². The van der Waals surface area contributed by atoms with E-state index in [4.69, 9.17) is 22.9 Å². The van der Waals surface area contributed by atoms with Gasteiger partial charge in [-0.15, -0.1) is 0 Å². The first-order chi connectivity index (χ1) is 14.9. The topological polar surface area (TPSA) is 278 Å². The molecule has 0 aliphatic heterocycles. The number of thiol groups is 1. The average molecular weight is 479 g/mol. The monoisotopic (exact) mass is 478 g/mol. The molecular formula is C16H30N8O7S. The Bertz CT molecular complexity index is 717. The van der Waals surface area contributed by atoms with Crippen LogP contribution in [0.1, 0.15) is 19.3 Å². The zero-order chi connectivity index (χ0) is 24.8. The first kappa shape index (κ1) is 28.9. The van der Waals surface area contributed by atoms with Crippen LogP contribution in [0.5, 0.6) is 0 Å². The molecule has 0 saturated heterocycles. The predicted molar refractivity (Wildman–Crippen MR) is 116 cm³/mol. The molecule has 0 rings (SSSR count). The van der Waals surface area contributed by atoms with E-state index in [0.29, 0.717) is 0 Å². The molecule has 0 fully saturated rings. The normalized spacial score (nSPS) is 14.2. The number of guanidine groups is 1. The van der Waals surface area contributed by atoms with E-state index in [1.165, 1.54) is 0 Å². The maximum atomic E-state index is 12.4. The van der Waals surface area contributed by atoms with Crippen molar-refractivity contribution < 1.29 is 34.2 Å². The lowest BCUT2D eigenvalue weighted by molar-refractivity contribution is -0.142. The van der Waals surface area contributed by atoms with Gasteiger partial charge in [-0.3, -0.25) is 24.2 Å². The van der Waals surface area contributed by atoms with Gasteiger partial charge < -0.3 is 49.1 Å². The molecule has 0 aliphatic carbocycles. The van der Waals surface area contributed by atoms with Gasteiger partial charge in [0, 0.05) is 12.3 Å². The van der Waals surface area contributed by atoms with Crippen LogP contribution in [0, 0.1) is 0 Å². The number of carbonyl (C=O) groups is 5. The van der Waals surface area contributed by atoms with Gasteiger partial charge >= 0.3 is 5.97 Å². The Hall–Kier alpha value is -3.11. The minimum atomic E-state index is -1.49. The summed E-state index contributed by atoms with van der Waals surface area (Å²) in [5.41, 5.74) is 20.8. The molecule has 182 valence electrons. The molecule has 4 atom stereocenters. The van der Waals surface area contributed by atoms with Crippen molar-refractivity contribution in [1.29, 1.82) is 0 Å². The van der Waals surface area contributed by atoms with Gasteiger partial charge in [-0.25, -0.2) is 4.79 Å². The van der Waals surface area contributed by atoms with Gasteiger partial charge in [-0.05, 0) is 12.8 Å². The lowest BCUT2D eigenvalue weighted by atomic mass is 10.1. The molecule has 32 heavy (non-hydrogen) atoms. The molecule has 15 nitrogen and oxygen atoms in total. The Kier molecular flexibility index (Phi) is 13.4. The quantitative estimate of drug-likeness (QED) is 0.0461. The second-order valence-electron chi connectivity index (χ2n) is 6.61. The lowest BCUT2D eigenvalue weighted by Gasteiger charge is -2.23. The lowest BCUT2D eigenvalue weighted by Crippen LogP contribution is -2.58. The molecule has 0 bridgehead atoms. The fourth-order valence-corrected chi connectivity index (χ4v) is 2.54. The Morgan fingerprint density at radius 3 is 1.91 bits per heavy atom. The second kappa shape index (κ2) is 14.8. The molecule has 0 heterocycles. The fraction of sp³-hybridized carbons (Fsp3) is 0.625. The minimum Gasteiger partial charge on any atom is -0.480 e. The van der Waals surface area contributed by atoms with Crippen LogP contribution in [0.2, 0.25) is 0 Å². The molecule has 4 amide bonds. The van der Waals surface area contributed by atoms with E-state index < -0.39 is 66.8 Å². The smallest absolute Gasteiger partial charge is 0.326 e. The van der Waals surface area contributed by atoms with E-state index in [9.17, 15) is 34.2 Å². The number of aliphatic carboxylic acids is 1. The predicted octanol–water partition coefficient (Wildman–Crippen LogP) is -5.30. The van der Waals surface area contributed by atoms with E-state index >= 15 is 0 Å². The third-order valence-corrected chi connectivity index (χ3v) is 4.31. The summed E-state index contributed by atoms with van der Waals surface area (Å²) < 4.78 is 0. The van der Waals surface area contributed by atoms with E-state index in [1.807, 2.05) is 0 Å². The summed E-state index contributed by atoms with van der Waals surface area (Å²) in [6.07, 6.45) is -0.206. The SMILES string of the molecule is NC(=O)CC(N)C(=O)NC(CO)C(=O)NC(CS)C(=O)NC(CCCN=C(N)N)C(=O)O. The van der Waals surface area contributed by atoms with Crippen LogP contribution in [0.15, 0.2) is 4.99 Å². The van der Waals surface area contributed by atoms with Gasteiger partial charge in [0.15, 0.2) is 5.96 Å². The Morgan fingerprint density at radius 2 is 1.44 bits per heavy atom. The average Bonchev–Trinajstić information content (AvgIpc) is 2.70. The number of carboxylic acids is 1. The van der Waals surface area contributed by atoms with Crippen molar-refractivity contribution in [3.63, 3.8) is 0 Å². The summed E-state index contributed by atoms with van der Waals surface area (Å²) in [5, 5.41) is 25.3. The molecule has 4 unspecified atom stereocenters. The highest BCUT2D eigenvalue weighted by Gasteiger charge is 2.29. The van der Waals surface area contributed by atoms with Gasteiger partial charge in [-0.2, -0.15) is 12.6 Å². The van der Waals surface area contributed by atoms with Crippen molar-refractivity contribution in [3.8, 4) is 0 Å². The highest BCUT2D eigenvalue weighted by atomic mass is 32.1. The fourth-order valence-electron chi connectivity index (χ4n) is 2.28. The van der Waals surface area contributed by atoms with Crippen molar-refractivity contribution >= 4 is 48.2 Å². The van der Waals surface area contributed by atoms with Crippen molar-refractivity contribution in [2.45, 2.75) is 43.4 Å². The molecular weight excluding hydrogens is 448 g/mol. The summed E-state index contributed by atoms with van der Waals surface area (Å²) in [6.45, 7) is -0.686.